The molecule has 0 radical (unpaired) electrons. The van der Waals surface area contributed by atoms with Gasteiger partial charge in [-0.2, -0.15) is 0 Å². The summed E-state index contributed by atoms with van der Waals surface area (Å²) in [5.41, 5.74) is -4.48. The zero-order valence-corrected chi connectivity index (χ0v) is 21.7. The van der Waals surface area contributed by atoms with Crippen molar-refractivity contribution >= 4 is 28.9 Å². The molecule has 9 atom stereocenters. The van der Waals surface area contributed by atoms with E-state index in [1.165, 1.54) is 18.2 Å². The second-order valence-corrected chi connectivity index (χ2v) is 12.6. The largest absolute Gasteiger partial charge is 0.390 e. The van der Waals surface area contributed by atoms with Crippen molar-refractivity contribution in [2.24, 2.45) is 34.0 Å². The molecule has 1 aliphatic heterocycles. The number of hydrogen-bond acceptors (Lipinski definition) is 5. The molecule has 0 amide bonds. The molecule has 2 N–H and O–H groups in total. The number of rotatable bonds is 3. The number of carbonyl (C=O) groups is 2. The predicted octanol–water partition coefficient (Wildman–Crippen LogP) is 4.25. The number of aliphatic hydroxyl groups excluding tert-OH is 2. The molecular weight excluding hydrogens is 500 g/mol. The minimum absolute atomic E-state index is 0.0168. The summed E-state index contributed by atoms with van der Waals surface area (Å²) in [6, 6.07) is 7.36. The third kappa shape index (κ3) is 2.97. The number of anilines is 1. The maximum atomic E-state index is 17.4. The summed E-state index contributed by atoms with van der Waals surface area (Å²) in [6.45, 7) is 3.74. The van der Waals surface area contributed by atoms with E-state index >= 15 is 8.78 Å². The molecule has 0 spiro atoms. The number of benzene rings is 1. The van der Waals surface area contributed by atoms with Gasteiger partial charge in [-0.15, -0.1) is 0 Å². The predicted molar refractivity (Wildman–Crippen MR) is 136 cm³/mol. The quantitative estimate of drug-likeness (QED) is 0.609. The van der Waals surface area contributed by atoms with Gasteiger partial charge in [-0.25, -0.2) is 8.78 Å². The van der Waals surface area contributed by atoms with E-state index in [1.54, 1.807) is 19.1 Å². The van der Waals surface area contributed by atoms with Crippen LogP contribution in [0.1, 0.15) is 33.1 Å². The first-order valence-corrected chi connectivity index (χ1v) is 13.4. The van der Waals surface area contributed by atoms with E-state index in [0.717, 1.165) is 5.69 Å². The van der Waals surface area contributed by atoms with Crippen LogP contribution in [0.4, 0.5) is 14.5 Å². The molecule has 3 saturated carbocycles. The lowest BCUT2D eigenvalue weighted by Crippen LogP contribution is -2.69. The third-order valence-electron chi connectivity index (χ3n) is 11.0. The number of carbonyl (C=O) groups excluding carboxylic acids is 2. The molecule has 0 unspecified atom stereocenters. The number of ketones is 2. The van der Waals surface area contributed by atoms with Gasteiger partial charge in [0.15, 0.2) is 17.2 Å². The fourth-order valence-electron chi connectivity index (χ4n) is 9.27. The Morgan fingerprint density at radius 2 is 1.89 bits per heavy atom. The Labute approximate surface area is 220 Å². The van der Waals surface area contributed by atoms with E-state index in [9.17, 15) is 19.8 Å². The highest BCUT2D eigenvalue weighted by molar-refractivity contribution is 6.30. The van der Waals surface area contributed by atoms with Gasteiger partial charge >= 0.3 is 0 Å². The van der Waals surface area contributed by atoms with Gasteiger partial charge < -0.3 is 15.1 Å². The zero-order chi connectivity index (χ0) is 26.5. The van der Waals surface area contributed by atoms with Gasteiger partial charge in [-0.3, -0.25) is 9.59 Å². The Morgan fingerprint density at radius 1 is 1.19 bits per heavy atom. The van der Waals surface area contributed by atoms with Crippen molar-refractivity contribution in [1.82, 2.24) is 0 Å². The molecule has 4 fully saturated rings. The van der Waals surface area contributed by atoms with Gasteiger partial charge in [0, 0.05) is 35.1 Å². The smallest absolute Gasteiger partial charge is 0.178 e. The molecule has 5 nitrogen and oxygen atoms in total. The summed E-state index contributed by atoms with van der Waals surface area (Å²) in [4.78, 5) is 27.8. The van der Waals surface area contributed by atoms with E-state index in [4.69, 9.17) is 11.6 Å². The van der Waals surface area contributed by atoms with E-state index in [1.807, 2.05) is 19.1 Å². The molecule has 198 valence electrons. The number of aliphatic hydroxyl groups is 2. The highest BCUT2D eigenvalue weighted by atomic mass is 35.5. The second-order valence-electron chi connectivity index (χ2n) is 12.2. The van der Waals surface area contributed by atoms with Crippen LogP contribution in [-0.2, 0) is 9.59 Å². The normalized spacial score (nSPS) is 46.1. The molecule has 1 aromatic rings. The molecule has 1 aromatic carbocycles. The van der Waals surface area contributed by atoms with Crippen molar-refractivity contribution in [3.8, 4) is 0 Å². The van der Waals surface area contributed by atoms with Gasteiger partial charge in [-0.05, 0) is 85.4 Å². The van der Waals surface area contributed by atoms with E-state index in [0.29, 0.717) is 24.5 Å². The zero-order valence-electron chi connectivity index (χ0n) is 21.0. The van der Waals surface area contributed by atoms with Gasteiger partial charge in [-0.1, -0.05) is 24.6 Å². The Kier molecular flexibility index (Phi) is 5.42. The maximum Gasteiger partial charge on any atom is 0.178 e. The van der Waals surface area contributed by atoms with Crippen molar-refractivity contribution in [2.45, 2.75) is 51.1 Å². The topological polar surface area (TPSA) is 77.8 Å². The van der Waals surface area contributed by atoms with Crippen molar-refractivity contribution < 1.29 is 28.6 Å². The number of fused-ring (bicyclic) bond motifs is 7. The van der Waals surface area contributed by atoms with Crippen molar-refractivity contribution in [1.29, 1.82) is 0 Å². The van der Waals surface area contributed by atoms with Crippen LogP contribution in [0.15, 0.2) is 48.1 Å². The lowest BCUT2D eigenvalue weighted by atomic mass is 9.43. The van der Waals surface area contributed by atoms with Crippen molar-refractivity contribution in [2.75, 3.05) is 24.6 Å². The molecule has 37 heavy (non-hydrogen) atoms. The van der Waals surface area contributed by atoms with Crippen LogP contribution in [0.5, 0.6) is 0 Å². The van der Waals surface area contributed by atoms with Crippen LogP contribution in [0.2, 0.25) is 5.02 Å². The summed E-state index contributed by atoms with van der Waals surface area (Å²) in [7, 11) is 0. The number of hydrogen-bond donors (Lipinski definition) is 2. The van der Waals surface area contributed by atoms with E-state index < -0.39 is 46.7 Å². The van der Waals surface area contributed by atoms with Gasteiger partial charge in [0.1, 0.15) is 12.8 Å². The van der Waals surface area contributed by atoms with Crippen molar-refractivity contribution in [3.63, 3.8) is 0 Å². The highest BCUT2D eigenvalue weighted by Gasteiger charge is 2.78. The van der Waals surface area contributed by atoms with E-state index in [2.05, 4.69) is 4.90 Å². The Bertz CT molecular complexity index is 1230. The van der Waals surface area contributed by atoms with Crippen LogP contribution in [0.25, 0.3) is 0 Å². The molecule has 5 aliphatic rings. The SMILES string of the molecule is C[C@]12C=CC(=O)C=C1[C@@H](F)C[C@H]1[C@@H]3C[C@H]4CN(c5ccc(Cl)cc5)C[C@]4(C(=O)CO)[C@@]3(C)C[C@H](O)[C@@]12F. The highest BCUT2D eigenvalue weighted by Crippen LogP contribution is 2.74. The second kappa shape index (κ2) is 7.96. The Hall–Kier alpha value is -2.09. The molecule has 0 aromatic heterocycles. The summed E-state index contributed by atoms with van der Waals surface area (Å²) in [6.07, 6.45) is 1.28. The first kappa shape index (κ1) is 25.2. The molecule has 8 heteroatoms. The van der Waals surface area contributed by atoms with E-state index in [-0.39, 0.29) is 41.8 Å². The van der Waals surface area contributed by atoms with Crippen LogP contribution >= 0.6 is 11.6 Å². The van der Waals surface area contributed by atoms with Gasteiger partial charge in [0.05, 0.1) is 11.5 Å². The summed E-state index contributed by atoms with van der Waals surface area (Å²) in [5, 5.41) is 22.3. The third-order valence-corrected chi connectivity index (χ3v) is 11.2. The number of halogens is 3. The fourth-order valence-corrected chi connectivity index (χ4v) is 9.40. The molecule has 6 rings (SSSR count). The average Bonchev–Trinajstić information content (AvgIpc) is 3.36. The minimum atomic E-state index is -2.18. The Balaban J connectivity index is 1.44. The maximum absolute atomic E-state index is 17.4. The fraction of sp³-hybridized carbons (Fsp3) is 0.586. The molecule has 0 bridgehead atoms. The first-order chi connectivity index (χ1) is 17.4. The summed E-state index contributed by atoms with van der Waals surface area (Å²) in [5.74, 6) is -2.07. The first-order valence-electron chi connectivity index (χ1n) is 13.0. The Morgan fingerprint density at radius 3 is 2.57 bits per heavy atom. The van der Waals surface area contributed by atoms with Crippen LogP contribution < -0.4 is 4.90 Å². The number of alkyl halides is 2. The number of Topliss-reactive ketones (excluding diaryl/α,β-unsaturated/α-hetero) is 1. The standard InChI is InChI=1S/C29H32ClF2NO4/c1-26-8-7-19(35)10-22(26)23(31)11-21-20-9-16-13-33(18-5-3-17(30)4-6-18)15-28(16,25(37)14-34)27(20,2)12-24(36)29(21,26)32/h3-8,10,16,20-21,23-24,34,36H,9,11-15H2,1-2H3/t16-,20-,21-,23-,24-,26-,27-,28-,29-/m0/s1. The summed E-state index contributed by atoms with van der Waals surface area (Å²) < 4.78 is 33.1. The average molecular weight is 532 g/mol. The monoisotopic (exact) mass is 531 g/mol. The lowest BCUT2D eigenvalue weighted by molar-refractivity contribution is -0.210. The van der Waals surface area contributed by atoms with Crippen LogP contribution in [0, 0.1) is 34.0 Å². The number of nitrogens with zero attached hydrogens (tertiary/aromatic N) is 1. The molecule has 4 aliphatic carbocycles. The van der Waals surface area contributed by atoms with Crippen LogP contribution in [-0.4, -0.2) is 59.4 Å². The van der Waals surface area contributed by atoms with Gasteiger partial charge in [0.2, 0.25) is 0 Å². The molecule has 1 heterocycles. The van der Waals surface area contributed by atoms with Gasteiger partial charge in [0.25, 0.3) is 0 Å². The summed E-state index contributed by atoms with van der Waals surface area (Å²) >= 11 is 6.07. The van der Waals surface area contributed by atoms with Crippen molar-refractivity contribution in [3.05, 3.63) is 53.1 Å². The molecule has 1 saturated heterocycles. The minimum Gasteiger partial charge on any atom is -0.390 e. The van der Waals surface area contributed by atoms with Crippen LogP contribution in [0.3, 0.4) is 0 Å². The lowest BCUT2D eigenvalue weighted by Gasteiger charge is -2.63. The molecular formula is C29H32ClF2NO4. The number of allylic oxidation sites excluding steroid dienone is 4.